The van der Waals surface area contributed by atoms with Crippen LogP contribution < -0.4 is 10.1 Å². The fourth-order valence-electron chi connectivity index (χ4n) is 3.22. The lowest BCUT2D eigenvalue weighted by Gasteiger charge is -2.10. The van der Waals surface area contributed by atoms with Gasteiger partial charge in [-0.1, -0.05) is 29.3 Å². The summed E-state index contributed by atoms with van der Waals surface area (Å²) in [5, 5.41) is 12.2. The summed E-state index contributed by atoms with van der Waals surface area (Å²) in [4.78, 5) is 12.5. The molecule has 2 aromatic heterocycles. The van der Waals surface area contributed by atoms with E-state index in [1.54, 1.807) is 29.2 Å². The lowest BCUT2D eigenvalue weighted by Crippen LogP contribution is -2.14. The number of rotatable bonds is 7. The van der Waals surface area contributed by atoms with Crippen molar-refractivity contribution in [3.05, 3.63) is 93.2 Å². The second kappa shape index (κ2) is 9.64. The van der Waals surface area contributed by atoms with Gasteiger partial charge in [0.2, 0.25) is 0 Å². The third-order valence-corrected chi connectivity index (χ3v) is 5.83. The van der Waals surface area contributed by atoms with Crippen LogP contribution in [-0.4, -0.2) is 25.5 Å². The largest absolute Gasteiger partial charge is 0.471 e. The van der Waals surface area contributed by atoms with Crippen LogP contribution >= 0.6 is 23.2 Å². The molecule has 0 saturated heterocycles. The monoisotopic (exact) mass is 487 g/mol. The van der Waals surface area contributed by atoms with E-state index < -0.39 is 5.82 Å². The molecule has 10 heteroatoms. The highest BCUT2D eigenvalue weighted by atomic mass is 35.5. The van der Waals surface area contributed by atoms with Crippen molar-refractivity contribution in [2.45, 2.75) is 27.1 Å². The minimum absolute atomic E-state index is 0.143. The highest BCUT2D eigenvalue weighted by Crippen LogP contribution is 2.26. The molecule has 4 rings (SSSR count). The van der Waals surface area contributed by atoms with Crippen LogP contribution in [0.15, 0.2) is 55.0 Å². The molecular weight excluding hydrogens is 468 g/mol. The topological polar surface area (TPSA) is 74.0 Å². The van der Waals surface area contributed by atoms with E-state index in [0.29, 0.717) is 33.6 Å². The minimum Gasteiger partial charge on any atom is -0.471 e. The Bertz CT molecular complexity index is 1290. The van der Waals surface area contributed by atoms with Gasteiger partial charge in [-0.15, -0.1) is 0 Å². The van der Waals surface area contributed by atoms with Crippen LogP contribution in [0.3, 0.4) is 0 Å². The SMILES string of the molecule is Cc1cc(OCn2ccc(C(=O)Nc3cnn(Cc4ccc(F)cc4Cl)c3)n2)cc(C)c1Cl. The molecule has 170 valence electrons. The molecule has 0 spiro atoms. The number of carbonyl (C=O) groups excluding carboxylic acids is 1. The van der Waals surface area contributed by atoms with E-state index in [-0.39, 0.29) is 18.3 Å². The van der Waals surface area contributed by atoms with Crippen molar-refractivity contribution in [1.82, 2.24) is 19.6 Å². The quantitative estimate of drug-likeness (QED) is 0.374. The smallest absolute Gasteiger partial charge is 0.276 e. The Morgan fingerprint density at radius 1 is 1.12 bits per heavy atom. The van der Waals surface area contributed by atoms with Gasteiger partial charge in [-0.25, -0.2) is 9.07 Å². The van der Waals surface area contributed by atoms with Gasteiger partial charge in [0, 0.05) is 22.4 Å². The molecule has 1 N–H and O–H groups in total. The molecular formula is C23H20Cl2FN5O2. The fraction of sp³-hybridized carbons (Fsp3) is 0.174. The van der Waals surface area contributed by atoms with Gasteiger partial charge in [0.05, 0.1) is 18.4 Å². The van der Waals surface area contributed by atoms with Crippen LogP contribution in [0.1, 0.15) is 27.2 Å². The first-order valence-electron chi connectivity index (χ1n) is 9.99. The number of amides is 1. The Labute approximate surface area is 199 Å². The van der Waals surface area contributed by atoms with E-state index in [1.807, 2.05) is 26.0 Å². The standard InChI is InChI=1S/C23H20Cl2FN5O2/c1-14-7-19(8-15(2)22(14)25)33-13-30-6-5-21(29-30)23(32)28-18-10-27-31(12-18)11-16-3-4-17(26)9-20(16)24/h3-10,12H,11,13H2,1-2H3,(H,28,32). The number of nitrogens with zero attached hydrogens (tertiary/aromatic N) is 4. The summed E-state index contributed by atoms with van der Waals surface area (Å²) in [5.74, 6) is -0.115. The predicted molar refractivity (Wildman–Crippen MR) is 124 cm³/mol. The van der Waals surface area contributed by atoms with Crippen molar-refractivity contribution in [2.24, 2.45) is 0 Å². The Kier molecular flexibility index (Phi) is 6.67. The molecule has 0 aliphatic carbocycles. The van der Waals surface area contributed by atoms with Crippen LogP contribution in [0.5, 0.6) is 5.75 Å². The summed E-state index contributed by atoms with van der Waals surface area (Å²) >= 11 is 12.2. The average molecular weight is 488 g/mol. The molecule has 0 saturated carbocycles. The zero-order valence-corrected chi connectivity index (χ0v) is 19.4. The van der Waals surface area contributed by atoms with Gasteiger partial charge >= 0.3 is 0 Å². The highest BCUT2D eigenvalue weighted by molar-refractivity contribution is 6.32. The van der Waals surface area contributed by atoms with Gasteiger partial charge in [-0.05, 0) is 60.9 Å². The number of aromatic nitrogens is 4. The molecule has 0 aliphatic rings. The second-order valence-electron chi connectivity index (χ2n) is 7.50. The van der Waals surface area contributed by atoms with Crippen LogP contribution in [0.4, 0.5) is 10.1 Å². The number of carbonyl (C=O) groups is 1. The summed E-state index contributed by atoms with van der Waals surface area (Å²) in [6.07, 6.45) is 4.83. The van der Waals surface area contributed by atoms with Crippen molar-refractivity contribution < 1.29 is 13.9 Å². The van der Waals surface area contributed by atoms with Gasteiger partial charge in [-0.3, -0.25) is 9.48 Å². The van der Waals surface area contributed by atoms with E-state index in [9.17, 15) is 9.18 Å². The highest BCUT2D eigenvalue weighted by Gasteiger charge is 2.12. The first kappa shape index (κ1) is 22.8. The maximum Gasteiger partial charge on any atom is 0.276 e. The number of ether oxygens (including phenoxy) is 1. The first-order valence-corrected chi connectivity index (χ1v) is 10.7. The first-order chi connectivity index (χ1) is 15.8. The number of nitrogens with one attached hydrogen (secondary N) is 1. The Balaban J connectivity index is 1.35. The summed E-state index contributed by atoms with van der Waals surface area (Å²) in [5.41, 5.74) is 3.29. The average Bonchev–Trinajstić information content (AvgIpc) is 3.42. The molecule has 4 aromatic rings. The van der Waals surface area contributed by atoms with Crippen LogP contribution in [0.25, 0.3) is 0 Å². The van der Waals surface area contributed by atoms with Crippen molar-refractivity contribution in [3.63, 3.8) is 0 Å². The molecule has 33 heavy (non-hydrogen) atoms. The van der Waals surface area contributed by atoms with Crippen molar-refractivity contribution in [2.75, 3.05) is 5.32 Å². The van der Waals surface area contributed by atoms with Crippen LogP contribution in [0, 0.1) is 19.7 Å². The van der Waals surface area contributed by atoms with Crippen LogP contribution in [0.2, 0.25) is 10.0 Å². The summed E-state index contributed by atoms with van der Waals surface area (Å²) in [7, 11) is 0. The summed E-state index contributed by atoms with van der Waals surface area (Å²) in [6, 6.07) is 9.48. The normalized spacial score (nSPS) is 10.9. The third-order valence-electron chi connectivity index (χ3n) is 4.89. The van der Waals surface area contributed by atoms with Crippen LogP contribution in [-0.2, 0) is 13.3 Å². The number of benzene rings is 2. The molecule has 0 aliphatic heterocycles. The molecule has 0 bridgehead atoms. The van der Waals surface area contributed by atoms with E-state index in [1.165, 1.54) is 23.0 Å². The summed E-state index contributed by atoms with van der Waals surface area (Å²) < 4.78 is 22.1. The molecule has 0 atom stereocenters. The number of anilines is 1. The minimum atomic E-state index is -0.402. The van der Waals surface area contributed by atoms with Crippen molar-refractivity contribution in [1.29, 1.82) is 0 Å². The third kappa shape index (κ3) is 5.53. The Morgan fingerprint density at radius 3 is 2.61 bits per heavy atom. The maximum atomic E-state index is 13.2. The molecule has 0 radical (unpaired) electrons. The van der Waals surface area contributed by atoms with Gasteiger partial charge in [0.1, 0.15) is 11.6 Å². The number of halogens is 3. The Morgan fingerprint density at radius 2 is 1.88 bits per heavy atom. The zero-order chi connectivity index (χ0) is 23.5. The van der Waals surface area contributed by atoms with Gasteiger partial charge in [0.25, 0.3) is 5.91 Å². The summed E-state index contributed by atoms with van der Waals surface area (Å²) in [6.45, 7) is 4.30. The van der Waals surface area contributed by atoms with E-state index >= 15 is 0 Å². The van der Waals surface area contributed by atoms with E-state index in [4.69, 9.17) is 27.9 Å². The van der Waals surface area contributed by atoms with E-state index in [0.717, 1.165) is 11.1 Å². The second-order valence-corrected chi connectivity index (χ2v) is 8.29. The molecule has 2 aromatic carbocycles. The molecule has 1 amide bonds. The number of hydrogen-bond acceptors (Lipinski definition) is 4. The molecule has 7 nitrogen and oxygen atoms in total. The molecule has 0 fully saturated rings. The van der Waals surface area contributed by atoms with Gasteiger partial charge < -0.3 is 10.1 Å². The fourth-order valence-corrected chi connectivity index (χ4v) is 3.56. The Hall–Kier alpha value is -3.36. The number of hydrogen-bond donors (Lipinski definition) is 1. The van der Waals surface area contributed by atoms with E-state index in [2.05, 4.69) is 15.5 Å². The van der Waals surface area contributed by atoms with Gasteiger partial charge in [-0.2, -0.15) is 10.2 Å². The lowest BCUT2D eigenvalue weighted by atomic mass is 10.1. The number of aryl methyl sites for hydroxylation is 2. The lowest BCUT2D eigenvalue weighted by molar-refractivity contribution is 0.102. The van der Waals surface area contributed by atoms with Crippen molar-refractivity contribution >= 4 is 34.8 Å². The van der Waals surface area contributed by atoms with Crippen molar-refractivity contribution in [3.8, 4) is 5.75 Å². The maximum absolute atomic E-state index is 13.2. The van der Waals surface area contributed by atoms with Gasteiger partial charge in [0.15, 0.2) is 12.4 Å². The molecule has 0 unspecified atom stereocenters. The molecule has 2 heterocycles. The predicted octanol–water partition coefficient (Wildman–Crippen LogP) is 5.48. The zero-order valence-electron chi connectivity index (χ0n) is 17.8.